The lowest BCUT2D eigenvalue weighted by atomic mass is 10.6. The number of hydrogen-bond acceptors (Lipinski definition) is 1. The molecular weight excluding hydrogens is 90.1 g/mol. The van der Waals surface area contributed by atoms with Crippen molar-refractivity contribution in [3.63, 3.8) is 0 Å². The molecule has 0 saturated carbocycles. The van der Waals surface area contributed by atoms with E-state index in [1.54, 1.807) is 0 Å². The summed E-state index contributed by atoms with van der Waals surface area (Å²) in [6, 6.07) is 0. The lowest BCUT2D eigenvalue weighted by Gasteiger charge is -1.76. The van der Waals surface area contributed by atoms with E-state index in [1.807, 2.05) is 13.0 Å². The molecule has 1 nitrogen and oxygen atoms in total. The number of rotatable bonds is 1. The van der Waals surface area contributed by atoms with E-state index in [-0.39, 0.29) is 0 Å². The minimum Gasteiger partial charge on any atom is -0.309 e. The van der Waals surface area contributed by atoms with E-state index in [2.05, 4.69) is 0 Å². The molecule has 6 heavy (non-hydrogen) atoms. The molecular formula is C4H9NSi. The molecule has 0 aromatic heterocycles. The summed E-state index contributed by atoms with van der Waals surface area (Å²) < 4.78 is 0. The molecule has 0 amide bonds. The van der Waals surface area contributed by atoms with Crippen LogP contribution in [0.1, 0.15) is 6.92 Å². The molecule has 0 saturated heterocycles. The van der Waals surface area contributed by atoms with Gasteiger partial charge in [0.2, 0.25) is 0 Å². The van der Waals surface area contributed by atoms with E-state index in [0.717, 1.165) is 15.4 Å². The Morgan fingerprint density at radius 1 is 1.83 bits per heavy atom. The molecule has 0 aliphatic rings. The third-order valence-electron chi connectivity index (χ3n) is 0.683. The van der Waals surface area contributed by atoms with Crippen LogP contribution in [0.2, 0.25) is 0 Å². The highest BCUT2D eigenvalue weighted by atomic mass is 28.1. The first kappa shape index (κ1) is 5.63. The molecule has 0 unspecified atom stereocenters. The Hall–Kier alpha value is -0.373. The number of hydrogen-bond donors (Lipinski definition) is 1. The first-order valence-electron chi connectivity index (χ1n) is 1.94. The molecule has 0 radical (unpaired) electrons. The van der Waals surface area contributed by atoms with Gasteiger partial charge >= 0.3 is 0 Å². The maximum absolute atomic E-state index is 6.65. The lowest BCUT2D eigenvalue weighted by molar-refractivity contribution is 1.56. The van der Waals surface area contributed by atoms with E-state index < -0.39 is 0 Å². The van der Waals surface area contributed by atoms with Gasteiger partial charge in [-0.3, -0.25) is 0 Å². The SMILES string of the molecule is CC=C([SiH3])C=N. The summed E-state index contributed by atoms with van der Waals surface area (Å²) >= 11 is 0. The first-order chi connectivity index (χ1) is 2.81. The standard InChI is InChI=1S/C4H9NSi/c1-2-4(6)3-5/h2-3,5H,1,6H3. The summed E-state index contributed by atoms with van der Waals surface area (Å²) in [7, 11) is 1.01. The van der Waals surface area contributed by atoms with Gasteiger partial charge in [0.15, 0.2) is 0 Å². The van der Waals surface area contributed by atoms with Crippen molar-refractivity contribution in [3.8, 4) is 0 Å². The lowest BCUT2D eigenvalue weighted by Crippen LogP contribution is -1.76. The smallest absolute Gasteiger partial charge is 0.0400 e. The molecule has 0 aliphatic carbocycles. The van der Waals surface area contributed by atoms with Crippen LogP contribution in [0.25, 0.3) is 0 Å². The highest BCUT2D eigenvalue weighted by molar-refractivity contribution is 6.32. The van der Waals surface area contributed by atoms with Crippen molar-refractivity contribution in [2.24, 2.45) is 0 Å². The fraction of sp³-hybridized carbons (Fsp3) is 0.250. The topological polar surface area (TPSA) is 23.9 Å². The first-order valence-corrected chi connectivity index (χ1v) is 2.94. The van der Waals surface area contributed by atoms with Crippen LogP contribution in [0.15, 0.2) is 11.3 Å². The zero-order chi connectivity index (χ0) is 4.99. The second-order valence-corrected chi connectivity index (χ2v) is 2.33. The van der Waals surface area contributed by atoms with Crippen molar-refractivity contribution < 1.29 is 0 Å². The van der Waals surface area contributed by atoms with Gasteiger partial charge in [-0.05, 0) is 6.92 Å². The van der Waals surface area contributed by atoms with Crippen molar-refractivity contribution in [1.82, 2.24) is 0 Å². The molecule has 0 aliphatic heterocycles. The molecule has 0 aromatic carbocycles. The van der Waals surface area contributed by atoms with Crippen LogP contribution >= 0.6 is 0 Å². The quantitative estimate of drug-likeness (QED) is 0.351. The Labute approximate surface area is 41.0 Å². The highest BCUT2D eigenvalue weighted by Crippen LogP contribution is 1.74. The monoisotopic (exact) mass is 99.1 g/mol. The van der Waals surface area contributed by atoms with E-state index in [9.17, 15) is 0 Å². The van der Waals surface area contributed by atoms with Gasteiger partial charge in [0.05, 0.1) is 0 Å². The molecule has 0 rings (SSSR count). The predicted molar refractivity (Wildman–Crippen MR) is 32.5 cm³/mol. The molecule has 0 atom stereocenters. The minimum atomic E-state index is 1.01. The highest BCUT2D eigenvalue weighted by Gasteiger charge is 1.68. The average Bonchev–Trinajstić information content (AvgIpc) is 1.65. The molecule has 0 heterocycles. The van der Waals surface area contributed by atoms with E-state index in [1.165, 1.54) is 6.21 Å². The van der Waals surface area contributed by atoms with E-state index in [0.29, 0.717) is 0 Å². The Kier molecular flexibility index (Phi) is 2.67. The van der Waals surface area contributed by atoms with Crippen molar-refractivity contribution in [2.75, 3.05) is 0 Å². The van der Waals surface area contributed by atoms with Crippen molar-refractivity contribution in [1.29, 1.82) is 5.41 Å². The van der Waals surface area contributed by atoms with Gasteiger partial charge in [0.25, 0.3) is 0 Å². The second-order valence-electron chi connectivity index (χ2n) is 1.18. The molecule has 0 spiro atoms. The minimum absolute atomic E-state index is 1.01. The second kappa shape index (κ2) is 2.84. The Bertz CT molecular complexity index is 75.6. The molecule has 34 valence electrons. The summed E-state index contributed by atoms with van der Waals surface area (Å²) in [5, 5.41) is 7.80. The summed E-state index contributed by atoms with van der Waals surface area (Å²) in [6.45, 7) is 1.95. The predicted octanol–water partition coefficient (Wildman–Crippen LogP) is -0.0948. The van der Waals surface area contributed by atoms with Crippen LogP contribution in [0, 0.1) is 5.41 Å². The molecule has 0 bridgehead atoms. The van der Waals surface area contributed by atoms with Crippen LogP contribution in [0.3, 0.4) is 0 Å². The van der Waals surface area contributed by atoms with E-state index >= 15 is 0 Å². The van der Waals surface area contributed by atoms with Gasteiger partial charge in [0.1, 0.15) is 0 Å². The van der Waals surface area contributed by atoms with Gasteiger partial charge < -0.3 is 5.41 Å². The fourth-order valence-electron chi connectivity index (χ4n) is 0.0833. The summed E-state index contributed by atoms with van der Waals surface area (Å²) in [4.78, 5) is 0. The van der Waals surface area contributed by atoms with Gasteiger partial charge in [-0.15, -0.1) is 0 Å². The normalized spacial score (nSPS) is 11.8. The van der Waals surface area contributed by atoms with Crippen molar-refractivity contribution in [3.05, 3.63) is 11.3 Å². The van der Waals surface area contributed by atoms with Crippen molar-refractivity contribution >= 4 is 16.5 Å². The average molecular weight is 99.2 g/mol. The van der Waals surface area contributed by atoms with Crippen molar-refractivity contribution in [2.45, 2.75) is 6.92 Å². The third-order valence-corrected chi connectivity index (χ3v) is 1.55. The molecule has 0 aromatic rings. The summed E-state index contributed by atoms with van der Waals surface area (Å²) in [5.74, 6) is 0. The Balaban J connectivity index is 3.50. The number of allylic oxidation sites excluding steroid dienone is 2. The number of nitrogens with one attached hydrogen (secondary N) is 1. The van der Waals surface area contributed by atoms with E-state index in [4.69, 9.17) is 5.41 Å². The van der Waals surface area contributed by atoms with Crippen LogP contribution < -0.4 is 0 Å². The van der Waals surface area contributed by atoms with Gasteiger partial charge in [-0.2, -0.15) is 0 Å². The zero-order valence-corrected chi connectivity index (χ0v) is 6.15. The maximum Gasteiger partial charge on any atom is 0.0400 e. The van der Waals surface area contributed by atoms with Crippen LogP contribution in [-0.2, 0) is 0 Å². The molecule has 1 N–H and O–H groups in total. The van der Waals surface area contributed by atoms with Gasteiger partial charge in [-0.25, -0.2) is 0 Å². The molecule has 0 fully saturated rings. The molecule has 2 heteroatoms. The third kappa shape index (κ3) is 1.90. The van der Waals surface area contributed by atoms with Gasteiger partial charge in [-0.1, -0.05) is 11.3 Å². The maximum atomic E-state index is 6.65. The summed E-state index contributed by atoms with van der Waals surface area (Å²) in [5.41, 5.74) is 0. The fourth-order valence-corrected chi connectivity index (χ4v) is 0.0833. The van der Waals surface area contributed by atoms with Gasteiger partial charge in [0, 0.05) is 16.5 Å². The van der Waals surface area contributed by atoms with Crippen LogP contribution in [-0.4, -0.2) is 16.5 Å². The summed E-state index contributed by atoms with van der Waals surface area (Å²) in [6.07, 6.45) is 3.35. The largest absolute Gasteiger partial charge is 0.309 e. The van der Waals surface area contributed by atoms with Crippen LogP contribution in [0.4, 0.5) is 0 Å². The zero-order valence-electron chi connectivity index (χ0n) is 4.15. The Morgan fingerprint density at radius 2 is 2.33 bits per heavy atom. The Morgan fingerprint density at radius 3 is 2.33 bits per heavy atom. The van der Waals surface area contributed by atoms with Crippen LogP contribution in [0.5, 0.6) is 0 Å².